The molecule has 0 atom stereocenters. The van der Waals surface area contributed by atoms with Crippen LogP contribution >= 0.6 is 11.3 Å². The van der Waals surface area contributed by atoms with Gasteiger partial charge in [0, 0.05) is 5.54 Å². The Morgan fingerprint density at radius 2 is 1.65 bits per heavy atom. The number of nitrogens with zero attached hydrogens (tertiary/aromatic N) is 1. The minimum atomic E-state index is 0.378. The average molecular weight is 284 g/mol. The Bertz CT molecular complexity index is 592. The zero-order valence-corrected chi connectivity index (χ0v) is 12.5. The molecule has 1 aromatic heterocycles. The summed E-state index contributed by atoms with van der Waals surface area (Å²) in [5.41, 5.74) is 1.52. The molecule has 0 aliphatic heterocycles. The van der Waals surface area contributed by atoms with E-state index in [1.807, 2.05) is 11.3 Å². The minimum absolute atomic E-state index is 0.378. The van der Waals surface area contributed by atoms with Crippen LogP contribution in [0, 0.1) is 17.8 Å². The third-order valence-corrected chi connectivity index (χ3v) is 6.66. The standard InChI is InChI=1S/C17H20N2S/c1-2-4-15-14(3-1)18-16(20-15)19-17-8-11-5-12(9-17)7-13(6-11)10-17/h1-4,11-13H,5-10H2,(H,18,19). The zero-order chi connectivity index (χ0) is 13.2. The highest BCUT2D eigenvalue weighted by molar-refractivity contribution is 7.22. The summed E-state index contributed by atoms with van der Waals surface area (Å²) in [7, 11) is 0. The third kappa shape index (κ3) is 1.72. The van der Waals surface area contributed by atoms with Gasteiger partial charge >= 0.3 is 0 Å². The number of benzene rings is 1. The van der Waals surface area contributed by atoms with Gasteiger partial charge in [0.05, 0.1) is 10.2 Å². The van der Waals surface area contributed by atoms with Gasteiger partial charge in [0.25, 0.3) is 0 Å². The molecule has 4 fully saturated rings. The highest BCUT2D eigenvalue weighted by atomic mass is 32.1. The number of fused-ring (bicyclic) bond motifs is 1. The van der Waals surface area contributed by atoms with Crippen LogP contribution in [0.4, 0.5) is 5.13 Å². The number of rotatable bonds is 2. The third-order valence-electron chi connectivity index (χ3n) is 5.70. The summed E-state index contributed by atoms with van der Waals surface area (Å²) in [6.07, 6.45) is 8.65. The summed E-state index contributed by atoms with van der Waals surface area (Å²) < 4.78 is 1.31. The summed E-state index contributed by atoms with van der Waals surface area (Å²) in [6, 6.07) is 8.49. The van der Waals surface area contributed by atoms with Crippen molar-refractivity contribution >= 4 is 26.7 Å². The van der Waals surface area contributed by atoms with Gasteiger partial charge in [-0.3, -0.25) is 0 Å². The Balaban J connectivity index is 1.48. The molecule has 4 aliphatic carbocycles. The fourth-order valence-corrected chi connectivity index (χ4v) is 6.40. The number of para-hydroxylation sites is 1. The van der Waals surface area contributed by atoms with Crippen LogP contribution in [0.2, 0.25) is 0 Å². The lowest BCUT2D eigenvalue weighted by Crippen LogP contribution is -2.54. The molecule has 3 heteroatoms. The molecule has 20 heavy (non-hydrogen) atoms. The quantitative estimate of drug-likeness (QED) is 0.866. The fraction of sp³-hybridized carbons (Fsp3) is 0.588. The van der Waals surface area contributed by atoms with E-state index in [1.165, 1.54) is 43.2 Å². The first-order valence-corrected chi connectivity index (χ1v) is 8.73. The number of anilines is 1. The van der Waals surface area contributed by atoms with Crippen LogP contribution in [0.25, 0.3) is 10.2 Å². The number of hydrogen-bond acceptors (Lipinski definition) is 3. The van der Waals surface area contributed by atoms with Crippen LogP contribution in [0.3, 0.4) is 0 Å². The molecule has 104 valence electrons. The molecule has 0 unspecified atom stereocenters. The van der Waals surface area contributed by atoms with E-state index in [-0.39, 0.29) is 0 Å². The molecule has 0 radical (unpaired) electrons. The second-order valence-corrected chi connectivity index (χ2v) is 8.34. The summed E-state index contributed by atoms with van der Waals surface area (Å²) in [4.78, 5) is 4.80. The Morgan fingerprint density at radius 1 is 1.00 bits per heavy atom. The van der Waals surface area contributed by atoms with Gasteiger partial charge < -0.3 is 5.32 Å². The van der Waals surface area contributed by atoms with Gasteiger partial charge in [-0.15, -0.1) is 0 Å². The molecule has 0 spiro atoms. The van der Waals surface area contributed by atoms with Crippen molar-refractivity contribution in [3.63, 3.8) is 0 Å². The van der Waals surface area contributed by atoms with E-state index in [0.717, 1.165) is 28.4 Å². The van der Waals surface area contributed by atoms with Crippen molar-refractivity contribution in [1.29, 1.82) is 0 Å². The second kappa shape index (κ2) is 3.97. The van der Waals surface area contributed by atoms with E-state index in [4.69, 9.17) is 4.98 Å². The first kappa shape index (κ1) is 11.6. The van der Waals surface area contributed by atoms with Gasteiger partial charge in [0.1, 0.15) is 0 Å². The fourth-order valence-electron chi connectivity index (χ4n) is 5.42. The monoisotopic (exact) mass is 284 g/mol. The van der Waals surface area contributed by atoms with Gasteiger partial charge in [0.2, 0.25) is 0 Å². The molecular weight excluding hydrogens is 264 g/mol. The lowest BCUT2D eigenvalue weighted by Gasteiger charge is -2.56. The lowest BCUT2D eigenvalue weighted by atomic mass is 9.53. The van der Waals surface area contributed by atoms with Gasteiger partial charge in [-0.1, -0.05) is 23.5 Å². The smallest absolute Gasteiger partial charge is 0.184 e. The molecule has 0 saturated heterocycles. The molecular formula is C17H20N2S. The Kier molecular flexibility index (Phi) is 2.29. The van der Waals surface area contributed by atoms with Crippen LogP contribution in [0.5, 0.6) is 0 Å². The van der Waals surface area contributed by atoms with Crippen LogP contribution in [0.1, 0.15) is 38.5 Å². The van der Waals surface area contributed by atoms with Crippen molar-refractivity contribution < 1.29 is 0 Å². The van der Waals surface area contributed by atoms with Gasteiger partial charge in [-0.25, -0.2) is 4.98 Å². The maximum Gasteiger partial charge on any atom is 0.184 e. The van der Waals surface area contributed by atoms with Crippen LogP contribution in [-0.4, -0.2) is 10.5 Å². The second-order valence-electron chi connectivity index (χ2n) is 7.31. The maximum atomic E-state index is 4.80. The molecule has 1 N–H and O–H groups in total. The Hall–Kier alpha value is -1.09. The lowest BCUT2D eigenvalue weighted by molar-refractivity contribution is 0.0107. The van der Waals surface area contributed by atoms with Crippen molar-refractivity contribution in [2.75, 3.05) is 5.32 Å². The largest absolute Gasteiger partial charge is 0.356 e. The van der Waals surface area contributed by atoms with Gasteiger partial charge in [0.15, 0.2) is 5.13 Å². The van der Waals surface area contributed by atoms with Crippen molar-refractivity contribution in [2.24, 2.45) is 17.8 Å². The highest BCUT2D eigenvalue weighted by Crippen LogP contribution is 2.56. The first-order chi connectivity index (χ1) is 9.78. The van der Waals surface area contributed by atoms with Crippen molar-refractivity contribution in [3.05, 3.63) is 24.3 Å². The molecule has 2 nitrogen and oxygen atoms in total. The SMILES string of the molecule is c1ccc2sc(NC34CC5CC(CC(C5)C3)C4)nc2c1. The predicted octanol–water partition coefficient (Wildman–Crippen LogP) is 4.68. The Morgan fingerprint density at radius 3 is 2.30 bits per heavy atom. The van der Waals surface area contributed by atoms with E-state index in [0.29, 0.717) is 5.54 Å². The van der Waals surface area contributed by atoms with E-state index >= 15 is 0 Å². The summed E-state index contributed by atoms with van der Waals surface area (Å²) in [6.45, 7) is 0. The number of hydrogen-bond donors (Lipinski definition) is 1. The van der Waals surface area contributed by atoms with Crippen LogP contribution in [0.15, 0.2) is 24.3 Å². The van der Waals surface area contributed by atoms with Crippen LogP contribution in [-0.2, 0) is 0 Å². The van der Waals surface area contributed by atoms with Crippen molar-refractivity contribution in [1.82, 2.24) is 4.98 Å². The minimum Gasteiger partial charge on any atom is -0.356 e. The molecule has 4 saturated carbocycles. The Labute approximate surface area is 123 Å². The molecule has 6 rings (SSSR count). The summed E-state index contributed by atoms with van der Waals surface area (Å²) >= 11 is 1.82. The highest BCUT2D eigenvalue weighted by Gasteiger charge is 2.51. The van der Waals surface area contributed by atoms with E-state index < -0.39 is 0 Å². The first-order valence-electron chi connectivity index (χ1n) is 7.92. The van der Waals surface area contributed by atoms with Crippen molar-refractivity contribution in [3.8, 4) is 0 Å². The molecule has 1 aromatic carbocycles. The normalized spacial score (nSPS) is 38.5. The number of thiazole rings is 1. The zero-order valence-electron chi connectivity index (χ0n) is 11.6. The van der Waals surface area contributed by atoms with E-state index in [2.05, 4.69) is 29.6 Å². The maximum absolute atomic E-state index is 4.80. The van der Waals surface area contributed by atoms with Crippen molar-refractivity contribution in [2.45, 2.75) is 44.1 Å². The number of nitrogens with one attached hydrogen (secondary N) is 1. The van der Waals surface area contributed by atoms with Gasteiger partial charge in [-0.2, -0.15) is 0 Å². The number of aromatic nitrogens is 1. The summed E-state index contributed by atoms with van der Waals surface area (Å²) in [5.74, 6) is 2.97. The van der Waals surface area contributed by atoms with E-state index in [9.17, 15) is 0 Å². The molecule has 1 heterocycles. The average Bonchev–Trinajstić information content (AvgIpc) is 2.77. The molecule has 2 aromatic rings. The predicted molar refractivity (Wildman–Crippen MR) is 84.1 cm³/mol. The summed E-state index contributed by atoms with van der Waals surface area (Å²) in [5, 5.41) is 5.03. The molecule has 4 aliphatic rings. The van der Waals surface area contributed by atoms with Gasteiger partial charge in [-0.05, 0) is 68.4 Å². The van der Waals surface area contributed by atoms with E-state index in [1.54, 1.807) is 0 Å². The molecule has 0 amide bonds. The molecule has 4 bridgehead atoms. The van der Waals surface area contributed by atoms with Crippen LogP contribution < -0.4 is 5.32 Å². The topological polar surface area (TPSA) is 24.9 Å².